The maximum absolute atomic E-state index is 11.9. The summed E-state index contributed by atoms with van der Waals surface area (Å²) in [6.07, 6.45) is -0.326. The average Bonchev–Trinajstić information content (AvgIpc) is 2.59. The van der Waals surface area contributed by atoms with Crippen LogP contribution in [-0.2, 0) is 17.8 Å². The molecule has 0 radical (unpaired) electrons. The summed E-state index contributed by atoms with van der Waals surface area (Å²) in [5.41, 5.74) is 1.34. The first-order chi connectivity index (χ1) is 8.26. The highest BCUT2D eigenvalue weighted by Gasteiger charge is 2.29. The Morgan fingerprint density at radius 3 is 2.78 bits per heavy atom. The SMILES string of the molecule is CC(C)(C)OC(=O)N1Cc2cc(Br)c(Cl)nc2C1. The average molecular weight is 334 g/mol. The zero-order chi connectivity index (χ0) is 13.5. The van der Waals surface area contributed by atoms with Crippen molar-refractivity contribution >= 4 is 33.6 Å². The molecule has 1 aromatic heterocycles. The van der Waals surface area contributed by atoms with Gasteiger partial charge in [0.1, 0.15) is 10.8 Å². The van der Waals surface area contributed by atoms with E-state index in [4.69, 9.17) is 16.3 Å². The molecule has 0 saturated heterocycles. The van der Waals surface area contributed by atoms with Crippen molar-refractivity contribution in [1.29, 1.82) is 0 Å². The molecule has 98 valence electrons. The summed E-state index contributed by atoms with van der Waals surface area (Å²) in [5, 5.41) is 0.416. The predicted molar refractivity (Wildman–Crippen MR) is 72.4 cm³/mol. The summed E-state index contributed by atoms with van der Waals surface area (Å²) in [7, 11) is 0. The van der Waals surface area contributed by atoms with Gasteiger partial charge in [-0.15, -0.1) is 0 Å². The summed E-state index contributed by atoms with van der Waals surface area (Å²) in [6, 6.07) is 1.90. The number of carbonyl (C=O) groups excluding carboxylic acids is 1. The molecule has 1 aliphatic heterocycles. The van der Waals surface area contributed by atoms with Crippen molar-refractivity contribution in [1.82, 2.24) is 9.88 Å². The van der Waals surface area contributed by atoms with E-state index in [2.05, 4.69) is 20.9 Å². The normalized spacial score (nSPS) is 14.6. The molecule has 0 bridgehead atoms. The predicted octanol–water partition coefficient (Wildman–Crippen LogP) is 3.75. The van der Waals surface area contributed by atoms with Crippen LogP contribution in [-0.4, -0.2) is 21.6 Å². The lowest BCUT2D eigenvalue weighted by Crippen LogP contribution is -2.33. The summed E-state index contributed by atoms with van der Waals surface area (Å²) >= 11 is 9.26. The van der Waals surface area contributed by atoms with Crippen LogP contribution in [0.1, 0.15) is 32.0 Å². The molecule has 0 aliphatic carbocycles. The van der Waals surface area contributed by atoms with Crippen molar-refractivity contribution in [2.45, 2.75) is 39.5 Å². The highest BCUT2D eigenvalue weighted by Crippen LogP contribution is 2.29. The standard InChI is InChI=1S/C12H14BrClN2O2/c1-12(2,3)18-11(17)16-5-7-4-8(13)10(14)15-9(7)6-16/h4H,5-6H2,1-3H3. The molecule has 1 aromatic rings. The van der Waals surface area contributed by atoms with E-state index in [0.29, 0.717) is 18.2 Å². The van der Waals surface area contributed by atoms with Crippen molar-refractivity contribution in [3.63, 3.8) is 0 Å². The molecule has 0 atom stereocenters. The number of nitrogens with zero attached hydrogens (tertiary/aromatic N) is 2. The van der Waals surface area contributed by atoms with Crippen LogP contribution in [0.25, 0.3) is 0 Å². The minimum absolute atomic E-state index is 0.326. The molecule has 0 unspecified atom stereocenters. The Bertz CT molecular complexity index is 469. The zero-order valence-corrected chi connectivity index (χ0v) is 12.8. The minimum Gasteiger partial charge on any atom is -0.444 e. The fourth-order valence-electron chi connectivity index (χ4n) is 1.71. The summed E-state index contributed by atoms with van der Waals surface area (Å²) < 4.78 is 6.07. The first kappa shape index (κ1) is 13.6. The van der Waals surface area contributed by atoms with Crippen molar-refractivity contribution in [2.75, 3.05) is 0 Å². The molecule has 1 aliphatic rings. The van der Waals surface area contributed by atoms with Crippen molar-refractivity contribution in [3.8, 4) is 0 Å². The molecule has 0 N–H and O–H groups in total. The Morgan fingerprint density at radius 1 is 1.50 bits per heavy atom. The van der Waals surface area contributed by atoms with E-state index >= 15 is 0 Å². The largest absolute Gasteiger partial charge is 0.444 e. The molecular formula is C12H14BrClN2O2. The molecule has 2 rings (SSSR count). The van der Waals surface area contributed by atoms with Gasteiger partial charge in [-0.1, -0.05) is 11.6 Å². The number of carbonyl (C=O) groups is 1. The van der Waals surface area contributed by atoms with Gasteiger partial charge < -0.3 is 4.74 Å². The molecule has 2 heterocycles. The first-order valence-corrected chi connectivity index (χ1v) is 6.75. The summed E-state index contributed by atoms with van der Waals surface area (Å²) in [6.45, 7) is 6.49. The quantitative estimate of drug-likeness (QED) is 0.679. The number of ether oxygens (including phenoxy) is 1. The van der Waals surface area contributed by atoms with Crippen LogP contribution in [0.15, 0.2) is 10.5 Å². The Balaban J connectivity index is 2.13. The third-order valence-corrected chi connectivity index (χ3v) is 3.58. The molecule has 18 heavy (non-hydrogen) atoms. The third-order valence-electron chi connectivity index (χ3n) is 2.46. The van der Waals surface area contributed by atoms with Crippen molar-refractivity contribution in [2.24, 2.45) is 0 Å². The molecule has 0 fully saturated rings. The third kappa shape index (κ3) is 2.95. The van der Waals surface area contributed by atoms with Gasteiger partial charge in [0, 0.05) is 0 Å². The Labute approximate surface area is 119 Å². The number of pyridine rings is 1. The van der Waals surface area contributed by atoms with E-state index in [-0.39, 0.29) is 6.09 Å². The van der Waals surface area contributed by atoms with E-state index in [1.54, 1.807) is 4.90 Å². The van der Waals surface area contributed by atoms with E-state index in [9.17, 15) is 4.79 Å². The van der Waals surface area contributed by atoms with Crippen molar-refractivity contribution < 1.29 is 9.53 Å². The Hall–Kier alpha value is -0.810. The number of hydrogen-bond acceptors (Lipinski definition) is 3. The molecule has 0 saturated carbocycles. The minimum atomic E-state index is -0.489. The molecule has 0 spiro atoms. The first-order valence-electron chi connectivity index (χ1n) is 5.58. The molecule has 4 nitrogen and oxygen atoms in total. The lowest BCUT2D eigenvalue weighted by molar-refractivity contribution is 0.0240. The highest BCUT2D eigenvalue weighted by atomic mass is 79.9. The van der Waals surface area contributed by atoms with Gasteiger partial charge in [0.25, 0.3) is 0 Å². The van der Waals surface area contributed by atoms with Gasteiger partial charge in [-0.25, -0.2) is 9.78 Å². The van der Waals surface area contributed by atoms with Gasteiger partial charge in [0.15, 0.2) is 0 Å². The molecule has 6 heteroatoms. The van der Waals surface area contributed by atoms with Crippen LogP contribution < -0.4 is 0 Å². The second-order valence-corrected chi connectivity index (χ2v) is 6.42. The number of rotatable bonds is 0. The van der Waals surface area contributed by atoms with E-state index in [1.807, 2.05) is 26.8 Å². The van der Waals surface area contributed by atoms with Gasteiger partial charge in [0.05, 0.1) is 23.3 Å². The number of amides is 1. The number of hydrogen-bond donors (Lipinski definition) is 0. The second kappa shape index (κ2) is 4.70. The molecule has 0 aromatic carbocycles. The molecular weight excluding hydrogens is 320 g/mol. The number of fused-ring (bicyclic) bond motifs is 1. The number of aromatic nitrogens is 1. The van der Waals surface area contributed by atoms with E-state index in [0.717, 1.165) is 15.7 Å². The van der Waals surface area contributed by atoms with Crippen LogP contribution in [0.4, 0.5) is 4.79 Å². The summed E-state index contributed by atoms with van der Waals surface area (Å²) in [4.78, 5) is 17.8. The van der Waals surface area contributed by atoms with Gasteiger partial charge in [-0.2, -0.15) is 0 Å². The fraction of sp³-hybridized carbons (Fsp3) is 0.500. The van der Waals surface area contributed by atoms with E-state index < -0.39 is 5.60 Å². The monoisotopic (exact) mass is 332 g/mol. The maximum atomic E-state index is 11.9. The van der Waals surface area contributed by atoms with Crippen LogP contribution >= 0.6 is 27.5 Å². The topological polar surface area (TPSA) is 42.4 Å². The van der Waals surface area contributed by atoms with Crippen LogP contribution in [0.2, 0.25) is 5.15 Å². The molecule has 1 amide bonds. The maximum Gasteiger partial charge on any atom is 0.410 e. The smallest absolute Gasteiger partial charge is 0.410 e. The van der Waals surface area contributed by atoms with Gasteiger partial charge >= 0.3 is 6.09 Å². The fourth-order valence-corrected chi connectivity index (χ4v) is 2.23. The number of halogens is 2. The van der Waals surface area contributed by atoms with Crippen LogP contribution in [0, 0.1) is 0 Å². The highest BCUT2D eigenvalue weighted by molar-refractivity contribution is 9.10. The van der Waals surface area contributed by atoms with E-state index in [1.165, 1.54) is 0 Å². The second-order valence-electron chi connectivity index (χ2n) is 5.20. The van der Waals surface area contributed by atoms with Gasteiger partial charge in [0.2, 0.25) is 0 Å². The zero-order valence-electron chi connectivity index (χ0n) is 10.5. The Morgan fingerprint density at radius 2 is 2.17 bits per heavy atom. The van der Waals surface area contributed by atoms with Gasteiger partial charge in [-0.3, -0.25) is 4.90 Å². The lowest BCUT2D eigenvalue weighted by atomic mass is 10.2. The van der Waals surface area contributed by atoms with Crippen LogP contribution in [0.3, 0.4) is 0 Å². The Kier molecular flexibility index (Phi) is 3.56. The van der Waals surface area contributed by atoms with Crippen LogP contribution in [0.5, 0.6) is 0 Å². The van der Waals surface area contributed by atoms with Gasteiger partial charge in [-0.05, 0) is 48.3 Å². The van der Waals surface area contributed by atoms with Crippen molar-refractivity contribution in [3.05, 3.63) is 26.9 Å². The summed E-state index contributed by atoms with van der Waals surface area (Å²) in [5.74, 6) is 0. The lowest BCUT2D eigenvalue weighted by Gasteiger charge is -2.23.